The number of carbonyl (C=O) groups excluding carboxylic acids is 1. The first-order valence-electron chi connectivity index (χ1n) is 7.28. The number of rotatable bonds is 5. The predicted octanol–water partition coefficient (Wildman–Crippen LogP) is 3.77. The van der Waals surface area contributed by atoms with Gasteiger partial charge >= 0.3 is 0 Å². The number of nitrogens with one attached hydrogen (secondary N) is 1. The number of anilines is 1. The van der Waals surface area contributed by atoms with E-state index in [-0.39, 0.29) is 18.2 Å². The van der Waals surface area contributed by atoms with Crippen molar-refractivity contribution in [2.75, 3.05) is 11.9 Å². The van der Waals surface area contributed by atoms with Gasteiger partial charge in [0.05, 0.1) is 4.92 Å². The third-order valence-corrected chi connectivity index (χ3v) is 3.45. The van der Waals surface area contributed by atoms with E-state index in [4.69, 9.17) is 4.74 Å². The monoisotopic (exact) mass is 322 g/mol. The summed E-state index contributed by atoms with van der Waals surface area (Å²) in [6, 6.07) is 19.1. The second kappa shape index (κ2) is 6.78. The molecular weight excluding hydrogens is 308 g/mol. The van der Waals surface area contributed by atoms with Crippen LogP contribution in [0.5, 0.6) is 5.75 Å². The van der Waals surface area contributed by atoms with Crippen molar-refractivity contribution >= 4 is 28.1 Å². The Morgan fingerprint density at radius 1 is 1.00 bits per heavy atom. The molecule has 3 aromatic rings. The van der Waals surface area contributed by atoms with Crippen molar-refractivity contribution < 1.29 is 14.5 Å². The molecular formula is C18H14N2O4. The maximum Gasteiger partial charge on any atom is 0.269 e. The normalized spacial score (nSPS) is 10.3. The topological polar surface area (TPSA) is 81.5 Å². The van der Waals surface area contributed by atoms with Crippen LogP contribution in [-0.4, -0.2) is 17.4 Å². The highest BCUT2D eigenvalue weighted by Crippen LogP contribution is 2.20. The van der Waals surface area contributed by atoms with Crippen LogP contribution in [0.4, 0.5) is 11.4 Å². The Morgan fingerprint density at radius 3 is 2.42 bits per heavy atom. The van der Waals surface area contributed by atoms with Crippen molar-refractivity contribution in [3.05, 3.63) is 76.8 Å². The van der Waals surface area contributed by atoms with Crippen LogP contribution in [0, 0.1) is 10.1 Å². The van der Waals surface area contributed by atoms with Crippen molar-refractivity contribution in [3.8, 4) is 5.75 Å². The first-order valence-corrected chi connectivity index (χ1v) is 7.28. The van der Waals surface area contributed by atoms with Crippen molar-refractivity contribution in [1.29, 1.82) is 0 Å². The summed E-state index contributed by atoms with van der Waals surface area (Å²) in [6.07, 6.45) is 0. The van der Waals surface area contributed by atoms with Crippen molar-refractivity contribution in [3.63, 3.8) is 0 Å². The molecule has 3 rings (SSSR count). The highest BCUT2D eigenvalue weighted by molar-refractivity contribution is 5.92. The van der Waals surface area contributed by atoms with Gasteiger partial charge in [0.2, 0.25) is 0 Å². The van der Waals surface area contributed by atoms with Crippen LogP contribution in [0.1, 0.15) is 0 Å². The van der Waals surface area contributed by atoms with Gasteiger partial charge in [0.1, 0.15) is 5.75 Å². The molecule has 120 valence electrons. The van der Waals surface area contributed by atoms with Gasteiger partial charge in [-0.25, -0.2) is 0 Å². The summed E-state index contributed by atoms with van der Waals surface area (Å²) < 4.78 is 5.49. The fourth-order valence-electron chi connectivity index (χ4n) is 2.27. The van der Waals surface area contributed by atoms with Gasteiger partial charge in [0.25, 0.3) is 11.6 Å². The minimum absolute atomic E-state index is 0.0274. The number of carbonyl (C=O) groups is 1. The van der Waals surface area contributed by atoms with E-state index < -0.39 is 4.92 Å². The molecule has 1 amide bonds. The summed E-state index contributed by atoms with van der Waals surface area (Å²) in [5.41, 5.74) is 0.452. The Kier molecular flexibility index (Phi) is 4.38. The molecule has 0 spiro atoms. The maximum atomic E-state index is 11.9. The lowest BCUT2D eigenvalue weighted by molar-refractivity contribution is -0.384. The molecule has 0 aliphatic carbocycles. The fourth-order valence-corrected chi connectivity index (χ4v) is 2.27. The highest BCUT2D eigenvalue weighted by Gasteiger charge is 2.07. The maximum absolute atomic E-state index is 11.9. The Balaban J connectivity index is 1.59. The third-order valence-electron chi connectivity index (χ3n) is 3.45. The molecule has 1 N–H and O–H groups in total. The minimum atomic E-state index is -0.492. The largest absolute Gasteiger partial charge is 0.484 e. The average molecular weight is 322 g/mol. The average Bonchev–Trinajstić information content (AvgIpc) is 2.60. The van der Waals surface area contributed by atoms with Crippen LogP contribution in [0.2, 0.25) is 0 Å². The van der Waals surface area contributed by atoms with E-state index in [1.807, 2.05) is 42.5 Å². The minimum Gasteiger partial charge on any atom is -0.484 e. The number of nitro benzene ring substituents is 1. The third kappa shape index (κ3) is 3.67. The van der Waals surface area contributed by atoms with Crippen LogP contribution in [-0.2, 0) is 4.79 Å². The molecule has 0 heterocycles. The number of non-ortho nitro benzene ring substituents is 1. The Morgan fingerprint density at radius 2 is 1.71 bits per heavy atom. The first-order chi connectivity index (χ1) is 11.6. The molecule has 0 saturated heterocycles. The number of amides is 1. The number of hydrogen-bond acceptors (Lipinski definition) is 4. The zero-order valence-corrected chi connectivity index (χ0v) is 12.6. The van der Waals surface area contributed by atoms with Gasteiger partial charge in [0.15, 0.2) is 6.61 Å². The van der Waals surface area contributed by atoms with Gasteiger partial charge in [0, 0.05) is 17.8 Å². The van der Waals surface area contributed by atoms with Gasteiger partial charge in [-0.15, -0.1) is 0 Å². The van der Waals surface area contributed by atoms with Crippen molar-refractivity contribution in [2.24, 2.45) is 0 Å². The lowest BCUT2D eigenvalue weighted by Crippen LogP contribution is -2.20. The van der Waals surface area contributed by atoms with Crippen LogP contribution in [0.15, 0.2) is 66.7 Å². The zero-order chi connectivity index (χ0) is 16.9. The quantitative estimate of drug-likeness (QED) is 0.573. The number of benzene rings is 3. The van der Waals surface area contributed by atoms with E-state index >= 15 is 0 Å². The second-order valence-corrected chi connectivity index (χ2v) is 5.15. The highest BCUT2D eigenvalue weighted by atomic mass is 16.6. The van der Waals surface area contributed by atoms with Gasteiger partial charge in [-0.2, -0.15) is 0 Å². The molecule has 0 aromatic heterocycles. The van der Waals surface area contributed by atoms with Crippen molar-refractivity contribution in [1.82, 2.24) is 0 Å². The molecule has 0 fully saturated rings. The molecule has 24 heavy (non-hydrogen) atoms. The lowest BCUT2D eigenvalue weighted by atomic mass is 10.1. The van der Waals surface area contributed by atoms with Crippen molar-refractivity contribution in [2.45, 2.75) is 0 Å². The summed E-state index contributed by atoms with van der Waals surface area (Å²) >= 11 is 0. The van der Waals surface area contributed by atoms with Gasteiger partial charge in [-0.05, 0) is 35.0 Å². The number of nitro groups is 1. The van der Waals surface area contributed by atoms with Crippen LogP contribution in [0.25, 0.3) is 10.8 Å². The van der Waals surface area contributed by atoms with E-state index in [1.165, 1.54) is 24.3 Å². The molecule has 0 radical (unpaired) electrons. The SMILES string of the molecule is O=C(COc1ccc2ccccc2c1)Nc1ccc([N+](=O)[O-])cc1. The zero-order valence-electron chi connectivity index (χ0n) is 12.6. The number of hydrogen-bond donors (Lipinski definition) is 1. The molecule has 3 aromatic carbocycles. The molecule has 0 bridgehead atoms. The van der Waals surface area contributed by atoms with E-state index in [1.54, 1.807) is 0 Å². The van der Waals surface area contributed by atoms with E-state index in [2.05, 4.69) is 5.32 Å². The van der Waals surface area contributed by atoms with Crippen LogP contribution in [0.3, 0.4) is 0 Å². The second-order valence-electron chi connectivity index (χ2n) is 5.15. The van der Waals surface area contributed by atoms with Gasteiger partial charge in [-0.3, -0.25) is 14.9 Å². The molecule has 0 saturated carbocycles. The predicted molar refractivity (Wildman–Crippen MR) is 91.2 cm³/mol. The molecule has 0 atom stereocenters. The standard InChI is InChI=1S/C18H14N2O4/c21-18(19-15-6-8-16(9-7-15)20(22)23)12-24-17-10-5-13-3-1-2-4-14(13)11-17/h1-11H,12H2,(H,19,21). The molecule has 6 nitrogen and oxygen atoms in total. The summed E-state index contributed by atoms with van der Waals surface area (Å²) in [5, 5.41) is 15.3. The summed E-state index contributed by atoms with van der Waals surface area (Å²) in [4.78, 5) is 22.0. The van der Waals surface area contributed by atoms with Crippen LogP contribution < -0.4 is 10.1 Å². The number of fused-ring (bicyclic) bond motifs is 1. The molecule has 6 heteroatoms. The number of nitrogens with zero attached hydrogens (tertiary/aromatic N) is 1. The fraction of sp³-hybridized carbons (Fsp3) is 0.0556. The van der Waals surface area contributed by atoms with Gasteiger partial charge < -0.3 is 10.1 Å². The molecule has 0 aliphatic rings. The number of ether oxygens (including phenoxy) is 1. The Hall–Kier alpha value is -3.41. The smallest absolute Gasteiger partial charge is 0.269 e. The molecule has 0 aliphatic heterocycles. The summed E-state index contributed by atoms with van der Waals surface area (Å²) in [5.74, 6) is 0.268. The lowest BCUT2D eigenvalue weighted by Gasteiger charge is -2.08. The van der Waals surface area contributed by atoms with E-state index in [9.17, 15) is 14.9 Å². The van der Waals surface area contributed by atoms with Gasteiger partial charge in [-0.1, -0.05) is 30.3 Å². The Labute approximate surface area is 137 Å². The van der Waals surface area contributed by atoms with Crippen LogP contribution >= 0.6 is 0 Å². The first kappa shape index (κ1) is 15.5. The van der Waals surface area contributed by atoms with E-state index in [0.717, 1.165) is 10.8 Å². The summed E-state index contributed by atoms with van der Waals surface area (Å²) in [7, 11) is 0. The van der Waals surface area contributed by atoms with E-state index in [0.29, 0.717) is 11.4 Å². The summed E-state index contributed by atoms with van der Waals surface area (Å²) in [6.45, 7) is -0.144. The Bertz CT molecular complexity index is 891. The molecule has 0 unspecified atom stereocenters.